The molecule has 6 nitrogen and oxygen atoms in total. The van der Waals surface area contributed by atoms with E-state index in [4.69, 9.17) is 0 Å². The molecule has 1 aliphatic rings. The van der Waals surface area contributed by atoms with Crippen LogP contribution in [0.15, 0.2) is 41.4 Å². The van der Waals surface area contributed by atoms with Gasteiger partial charge in [0.25, 0.3) is 0 Å². The van der Waals surface area contributed by atoms with Gasteiger partial charge < -0.3 is 5.11 Å². The minimum absolute atomic E-state index is 0.318. The number of sulfone groups is 1. The molecule has 0 unspecified atom stereocenters. The lowest BCUT2D eigenvalue weighted by atomic mass is 10.00. The molecule has 4 rings (SSSR count). The largest absolute Gasteiger partial charge is 0.386 e. The lowest BCUT2D eigenvalue weighted by Crippen LogP contribution is -2.24. The quantitative estimate of drug-likeness (QED) is 0.746. The predicted molar refractivity (Wildman–Crippen MR) is 102 cm³/mol. The summed E-state index contributed by atoms with van der Waals surface area (Å²) >= 11 is 0. The number of aliphatic hydroxyl groups is 1. The molecular weight excluding hydrogens is 362 g/mol. The zero-order chi connectivity index (χ0) is 19.6. The third-order valence-corrected chi connectivity index (χ3v) is 8.00. The summed E-state index contributed by atoms with van der Waals surface area (Å²) in [6.07, 6.45) is 2.78. The van der Waals surface area contributed by atoms with Crippen LogP contribution in [0.2, 0.25) is 0 Å². The summed E-state index contributed by atoms with van der Waals surface area (Å²) in [4.78, 5) is 0.318. The zero-order valence-corrected chi connectivity index (χ0v) is 16.7. The van der Waals surface area contributed by atoms with Crippen molar-refractivity contribution in [1.82, 2.24) is 14.6 Å². The Morgan fingerprint density at radius 1 is 1.11 bits per heavy atom. The highest BCUT2D eigenvalue weighted by Gasteiger charge is 2.59. The molecule has 1 N–H and O–H groups in total. The van der Waals surface area contributed by atoms with E-state index in [1.807, 2.05) is 19.9 Å². The third-order valence-electron chi connectivity index (χ3n) is 5.51. The van der Waals surface area contributed by atoms with Gasteiger partial charge in [-0.1, -0.05) is 12.1 Å². The van der Waals surface area contributed by atoms with E-state index in [1.54, 1.807) is 48.7 Å². The maximum atomic E-state index is 13.5. The number of benzene rings is 1. The van der Waals surface area contributed by atoms with Crippen molar-refractivity contribution in [2.45, 2.75) is 55.8 Å². The van der Waals surface area contributed by atoms with Crippen molar-refractivity contribution in [1.29, 1.82) is 0 Å². The van der Waals surface area contributed by atoms with Gasteiger partial charge in [0, 0.05) is 11.8 Å². The molecule has 0 saturated heterocycles. The van der Waals surface area contributed by atoms with Gasteiger partial charge >= 0.3 is 0 Å². The monoisotopic (exact) mass is 385 g/mol. The van der Waals surface area contributed by atoms with Crippen molar-refractivity contribution in [2.75, 3.05) is 0 Å². The summed E-state index contributed by atoms with van der Waals surface area (Å²) in [6, 6.07) is 8.81. The molecule has 3 aromatic rings. The summed E-state index contributed by atoms with van der Waals surface area (Å²) in [6.45, 7) is 7.23. The van der Waals surface area contributed by atoms with E-state index in [-0.39, 0.29) is 0 Å². The molecular formula is C20H23N3O3S. The van der Waals surface area contributed by atoms with E-state index in [0.29, 0.717) is 34.8 Å². The molecule has 1 saturated carbocycles. The maximum absolute atomic E-state index is 13.5. The van der Waals surface area contributed by atoms with Crippen LogP contribution in [0.1, 0.15) is 49.2 Å². The summed E-state index contributed by atoms with van der Waals surface area (Å²) in [5.41, 5.74) is 2.00. The highest BCUT2D eigenvalue weighted by molar-refractivity contribution is 7.92. The Kier molecular flexibility index (Phi) is 3.78. The Labute approximate surface area is 158 Å². The van der Waals surface area contributed by atoms with Gasteiger partial charge in [-0.25, -0.2) is 8.42 Å². The van der Waals surface area contributed by atoms with E-state index < -0.39 is 20.2 Å². The van der Waals surface area contributed by atoms with Crippen LogP contribution in [0.4, 0.5) is 0 Å². The highest BCUT2D eigenvalue weighted by atomic mass is 32.2. The molecule has 0 amide bonds. The number of pyridine rings is 1. The van der Waals surface area contributed by atoms with Crippen LogP contribution >= 0.6 is 0 Å². The van der Waals surface area contributed by atoms with Crippen molar-refractivity contribution < 1.29 is 13.5 Å². The predicted octanol–water partition coefficient (Wildman–Crippen LogP) is 3.04. The van der Waals surface area contributed by atoms with Crippen molar-refractivity contribution in [3.63, 3.8) is 0 Å². The minimum Gasteiger partial charge on any atom is -0.386 e. The number of rotatable bonds is 4. The van der Waals surface area contributed by atoms with Gasteiger partial charge in [0.05, 0.1) is 10.5 Å². The molecule has 0 aliphatic heterocycles. The topological polar surface area (TPSA) is 84.6 Å². The van der Waals surface area contributed by atoms with Gasteiger partial charge in [-0.05, 0) is 69.9 Å². The van der Waals surface area contributed by atoms with Gasteiger partial charge in [-0.15, -0.1) is 10.2 Å². The first-order chi connectivity index (χ1) is 12.6. The lowest BCUT2D eigenvalue weighted by Gasteiger charge is -2.19. The van der Waals surface area contributed by atoms with E-state index in [1.165, 1.54) is 0 Å². The summed E-state index contributed by atoms with van der Waals surface area (Å²) in [5.74, 6) is 0.418. The molecule has 2 heterocycles. The van der Waals surface area contributed by atoms with E-state index in [2.05, 4.69) is 10.2 Å². The highest BCUT2D eigenvalue weighted by Crippen LogP contribution is 2.54. The van der Waals surface area contributed by atoms with E-state index in [0.717, 1.165) is 11.1 Å². The first kappa shape index (κ1) is 18.1. The van der Waals surface area contributed by atoms with Crippen molar-refractivity contribution in [3.8, 4) is 0 Å². The van der Waals surface area contributed by atoms with Crippen LogP contribution in [0.25, 0.3) is 5.65 Å². The van der Waals surface area contributed by atoms with Crippen molar-refractivity contribution in [2.24, 2.45) is 0 Å². The summed E-state index contributed by atoms with van der Waals surface area (Å²) in [5, 5.41) is 18.9. The molecule has 1 fully saturated rings. The zero-order valence-electron chi connectivity index (χ0n) is 15.9. The van der Waals surface area contributed by atoms with Crippen LogP contribution in [0, 0.1) is 13.8 Å². The van der Waals surface area contributed by atoms with Gasteiger partial charge in [0.1, 0.15) is 4.75 Å². The number of aromatic nitrogens is 3. The average Bonchev–Trinajstić information content (AvgIpc) is 3.30. The Bertz CT molecular complexity index is 1150. The molecule has 1 aromatic carbocycles. The number of hydrogen-bond donors (Lipinski definition) is 1. The van der Waals surface area contributed by atoms with Crippen LogP contribution in [-0.4, -0.2) is 28.1 Å². The molecule has 7 heteroatoms. The molecule has 0 spiro atoms. The van der Waals surface area contributed by atoms with Crippen LogP contribution in [-0.2, 0) is 20.2 Å². The second-order valence-electron chi connectivity index (χ2n) is 7.94. The number of fused-ring (bicyclic) bond motifs is 1. The van der Waals surface area contributed by atoms with Crippen molar-refractivity contribution in [3.05, 3.63) is 59.0 Å². The molecule has 0 atom stereocenters. The number of nitrogens with zero attached hydrogens (tertiary/aromatic N) is 3. The fourth-order valence-corrected chi connectivity index (χ4v) is 5.59. The second kappa shape index (κ2) is 5.62. The van der Waals surface area contributed by atoms with Crippen LogP contribution in [0.5, 0.6) is 0 Å². The normalized spacial score (nSPS) is 16.6. The van der Waals surface area contributed by atoms with Crippen LogP contribution in [0.3, 0.4) is 0 Å². The molecule has 2 aromatic heterocycles. The SMILES string of the molecule is Cc1ccc(S(=O)(=O)C2(c3nnc4c(C(C)(C)O)cccn34)CC2)cc1C. The average molecular weight is 385 g/mol. The Morgan fingerprint density at radius 2 is 1.81 bits per heavy atom. The van der Waals surface area contributed by atoms with Crippen LogP contribution < -0.4 is 0 Å². The minimum atomic E-state index is -3.62. The van der Waals surface area contributed by atoms with Gasteiger partial charge in [0.2, 0.25) is 0 Å². The van der Waals surface area contributed by atoms with E-state index >= 15 is 0 Å². The standard InChI is InChI=1S/C20H23N3O3S/c1-13-7-8-15(12-14(13)2)27(25,26)20(9-10-20)18-22-21-17-16(19(3,4)24)6-5-11-23(17)18/h5-8,11-12,24H,9-10H2,1-4H3. The molecule has 27 heavy (non-hydrogen) atoms. The molecule has 0 radical (unpaired) electrons. The Hall–Kier alpha value is -2.25. The fourth-order valence-electron chi connectivity index (χ4n) is 3.54. The second-order valence-corrected chi connectivity index (χ2v) is 10.2. The third kappa shape index (κ3) is 2.60. The smallest absolute Gasteiger partial charge is 0.191 e. The first-order valence-electron chi connectivity index (χ1n) is 8.97. The Balaban J connectivity index is 1.89. The van der Waals surface area contributed by atoms with Gasteiger partial charge in [0.15, 0.2) is 21.3 Å². The fraction of sp³-hybridized carbons (Fsp3) is 0.400. The molecule has 1 aliphatic carbocycles. The first-order valence-corrected chi connectivity index (χ1v) is 10.5. The summed E-state index contributed by atoms with van der Waals surface area (Å²) < 4.78 is 27.6. The van der Waals surface area contributed by atoms with Gasteiger partial charge in [-0.3, -0.25) is 4.40 Å². The Morgan fingerprint density at radius 3 is 2.41 bits per heavy atom. The van der Waals surface area contributed by atoms with Gasteiger partial charge in [-0.2, -0.15) is 0 Å². The summed E-state index contributed by atoms with van der Waals surface area (Å²) in [7, 11) is -3.62. The number of aryl methyl sites for hydroxylation is 2. The number of hydrogen-bond acceptors (Lipinski definition) is 5. The van der Waals surface area contributed by atoms with Crippen molar-refractivity contribution >= 4 is 15.5 Å². The molecule has 0 bridgehead atoms. The maximum Gasteiger partial charge on any atom is 0.191 e. The lowest BCUT2D eigenvalue weighted by molar-refractivity contribution is 0.0796. The van der Waals surface area contributed by atoms with E-state index in [9.17, 15) is 13.5 Å². The molecule has 142 valence electrons.